The second-order valence-electron chi connectivity index (χ2n) is 7.03. The second kappa shape index (κ2) is 7.84. The largest absolute Gasteiger partial charge is 0.454 e. The average Bonchev–Trinajstić information content (AvgIpc) is 3.18. The van der Waals surface area contributed by atoms with Crippen molar-refractivity contribution in [1.29, 1.82) is 0 Å². The normalized spacial score (nSPS) is 22.0. The molecule has 1 amide bonds. The van der Waals surface area contributed by atoms with Gasteiger partial charge in [-0.25, -0.2) is 13.1 Å². The molecule has 26 heavy (non-hydrogen) atoms. The Morgan fingerprint density at radius 1 is 1.27 bits per heavy atom. The van der Waals surface area contributed by atoms with E-state index in [1.807, 2.05) is 18.2 Å². The number of hydrogen-bond acceptors (Lipinski definition) is 5. The highest BCUT2D eigenvalue weighted by Gasteiger charge is 2.35. The summed E-state index contributed by atoms with van der Waals surface area (Å²) >= 11 is 0. The molecule has 144 valence electrons. The van der Waals surface area contributed by atoms with Crippen LogP contribution in [0.15, 0.2) is 18.2 Å². The minimum atomic E-state index is -3.28. The highest BCUT2D eigenvalue weighted by molar-refractivity contribution is 7.88. The van der Waals surface area contributed by atoms with Crippen molar-refractivity contribution in [3.63, 3.8) is 0 Å². The van der Waals surface area contributed by atoms with Gasteiger partial charge in [-0.1, -0.05) is 19.4 Å². The maximum absolute atomic E-state index is 12.6. The number of nitrogens with one attached hydrogen (secondary N) is 1. The molecule has 0 saturated carbocycles. The third-order valence-electron chi connectivity index (χ3n) is 4.88. The lowest BCUT2D eigenvalue weighted by Crippen LogP contribution is -2.40. The Labute approximate surface area is 154 Å². The molecule has 2 unspecified atom stereocenters. The van der Waals surface area contributed by atoms with Gasteiger partial charge in [-0.05, 0) is 36.5 Å². The lowest BCUT2D eigenvalue weighted by atomic mass is 9.99. The fourth-order valence-corrected chi connectivity index (χ4v) is 4.47. The van der Waals surface area contributed by atoms with E-state index < -0.39 is 10.0 Å². The first-order valence-electron chi connectivity index (χ1n) is 8.99. The number of fused-ring (bicyclic) bond motifs is 1. The first kappa shape index (κ1) is 19.0. The summed E-state index contributed by atoms with van der Waals surface area (Å²) in [7, 11) is -3.28. The third-order valence-corrected chi connectivity index (χ3v) is 5.61. The van der Waals surface area contributed by atoms with Crippen LogP contribution in [0.1, 0.15) is 31.7 Å². The summed E-state index contributed by atoms with van der Waals surface area (Å²) in [6, 6.07) is 5.52. The van der Waals surface area contributed by atoms with Crippen LogP contribution >= 0.6 is 0 Å². The summed E-state index contributed by atoms with van der Waals surface area (Å²) in [5.41, 5.74) is 1.03. The van der Waals surface area contributed by atoms with E-state index in [4.69, 9.17) is 9.47 Å². The van der Waals surface area contributed by atoms with E-state index >= 15 is 0 Å². The van der Waals surface area contributed by atoms with Crippen molar-refractivity contribution in [2.75, 3.05) is 26.1 Å². The van der Waals surface area contributed by atoms with Crippen LogP contribution in [0.2, 0.25) is 0 Å². The molecule has 0 aromatic heterocycles. The van der Waals surface area contributed by atoms with Crippen molar-refractivity contribution in [2.45, 2.75) is 38.6 Å². The fourth-order valence-electron chi connectivity index (χ4n) is 3.65. The van der Waals surface area contributed by atoms with E-state index in [0.29, 0.717) is 25.9 Å². The van der Waals surface area contributed by atoms with Crippen LogP contribution in [0.3, 0.4) is 0 Å². The van der Waals surface area contributed by atoms with E-state index in [-0.39, 0.29) is 24.7 Å². The molecule has 2 aliphatic heterocycles. The van der Waals surface area contributed by atoms with E-state index in [0.717, 1.165) is 29.9 Å². The van der Waals surface area contributed by atoms with Gasteiger partial charge in [-0.3, -0.25) is 4.79 Å². The monoisotopic (exact) mass is 382 g/mol. The zero-order valence-electron chi connectivity index (χ0n) is 15.2. The summed E-state index contributed by atoms with van der Waals surface area (Å²) in [6.45, 7) is 3.36. The Bertz CT molecular complexity index is 765. The predicted molar refractivity (Wildman–Crippen MR) is 97.6 cm³/mol. The molecule has 1 N–H and O–H groups in total. The number of carbonyl (C=O) groups excluding carboxylic acids is 1. The first-order chi connectivity index (χ1) is 12.4. The molecular formula is C18H26N2O5S. The third kappa shape index (κ3) is 4.67. The van der Waals surface area contributed by atoms with Crippen molar-refractivity contribution < 1.29 is 22.7 Å². The topological polar surface area (TPSA) is 84.9 Å². The zero-order valence-corrected chi connectivity index (χ0v) is 16.0. The van der Waals surface area contributed by atoms with Crippen molar-refractivity contribution in [3.8, 4) is 11.5 Å². The number of sulfonamides is 1. The predicted octanol–water partition coefficient (Wildman–Crippen LogP) is 1.52. The van der Waals surface area contributed by atoms with Gasteiger partial charge in [0.05, 0.1) is 6.26 Å². The molecule has 7 nitrogen and oxygen atoms in total. The van der Waals surface area contributed by atoms with Gasteiger partial charge in [0, 0.05) is 25.6 Å². The van der Waals surface area contributed by atoms with Gasteiger partial charge >= 0.3 is 0 Å². The SMILES string of the molecule is CCCC1CN(C(=O)CCc2ccc3c(c2)OCO3)CC1NS(C)(=O)=O. The summed E-state index contributed by atoms with van der Waals surface area (Å²) in [6.07, 6.45) is 4.05. The minimum Gasteiger partial charge on any atom is -0.454 e. The molecule has 0 aliphatic carbocycles. The molecule has 2 heterocycles. The maximum Gasteiger partial charge on any atom is 0.231 e. The number of aryl methyl sites for hydroxylation is 1. The van der Waals surface area contributed by atoms with Crippen LogP contribution in [0.25, 0.3) is 0 Å². The molecule has 0 radical (unpaired) electrons. The molecule has 8 heteroatoms. The number of carbonyl (C=O) groups is 1. The maximum atomic E-state index is 12.6. The number of benzene rings is 1. The molecule has 1 aromatic rings. The van der Waals surface area contributed by atoms with Gasteiger partial charge in [0.2, 0.25) is 22.7 Å². The number of hydrogen-bond donors (Lipinski definition) is 1. The molecule has 1 fully saturated rings. The lowest BCUT2D eigenvalue weighted by molar-refractivity contribution is -0.130. The number of likely N-dealkylation sites (tertiary alicyclic amines) is 1. The molecule has 2 aliphatic rings. The van der Waals surface area contributed by atoms with Crippen molar-refractivity contribution in [2.24, 2.45) is 5.92 Å². The first-order valence-corrected chi connectivity index (χ1v) is 10.9. The van der Waals surface area contributed by atoms with Gasteiger partial charge in [-0.15, -0.1) is 0 Å². The van der Waals surface area contributed by atoms with Crippen LogP contribution in [0, 0.1) is 5.92 Å². The lowest BCUT2D eigenvalue weighted by Gasteiger charge is -2.17. The summed E-state index contributed by atoms with van der Waals surface area (Å²) in [4.78, 5) is 14.4. The van der Waals surface area contributed by atoms with E-state index in [1.165, 1.54) is 6.26 Å². The molecule has 2 atom stereocenters. The average molecular weight is 382 g/mol. The van der Waals surface area contributed by atoms with Gasteiger partial charge < -0.3 is 14.4 Å². The number of nitrogens with zero attached hydrogens (tertiary/aromatic N) is 1. The van der Waals surface area contributed by atoms with E-state index in [9.17, 15) is 13.2 Å². The zero-order chi connectivity index (χ0) is 18.7. The van der Waals surface area contributed by atoms with Crippen LogP contribution in [0.4, 0.5) is 0 Å². The van der Waals surface area contributed by atoms with Gasteiger partial charge in [0.25, 0.3) is 0 Å². The Hall–Kier alpha value is -1.80. The van der Waals surface area contributed by atoms with Crippen molar-refractivity contribution >= 4 is 15.9 Å². The van der Waals surface area contributed by atoms with E-state index in [1.54, 1.807) is 4.90 Å². The number of ether oxygens (including phenoxy) is 2. The standard InChI is InChI=1S/C18H26N2O5S/c1-3-4-14-10-20(11-15(14)19-26(2,22)23)18(21)8-6-13-5-7-16-17(9-13)25-12-24-16/h5,7,9,14-15,19H,3-4,6,8,10-12H2,1-2H3. The fraction of sp³-hybridized carbons (Fsp3) is 0.611. The molecule has 0 bridgehead atoms. The van der Waals surface area contributed by atoms with Gasteiger partial charge in [0.1, 0.15) is 0 Å². The highest BCUT2D eigenvalue weighted by atomic mass is 32.2. The Morgan fingerprint density at radius 3 is 2.77 bits per heavy atom. The van der Waals surface area contributed by atoms with Crippen LogP contribution in [0.5, 0.6) is 11.5 Å². The Balaban J connectivity index is 1.57. The van der Waals surface area contributed by atoms with Gasteiger partial charge in [0.15, 0.2) is 11.5 Å². The Kier molecular flexibility index (Phi) is 5.72. The highest BCUT2D eigenvalue weighted by Crippen LogP contribution is 2.33. The molecule has 1 saturated heterocycles. The molecule has 3 rings (SSSR count). The molecule has 1 aromatic carbocycles. The van der Waals surface area contributed by atoms with E-state index in [2.05, 4.69) is 11.6 Å². The van der Waals surface area contributed by atoms with Crippen LogP contribution in [-0.2, 0) is 21.2 Å². The summed E-state index contributed by atoms with van der Waals surface area (Å²) < 4.78 is 36.5. The summed E-state index contributed by atoms with van der Waals surface area (Å²) in [5.74, 6) is 1.68. The Morgan fingerprint density at radius 2 is 2.04 bits per heavy atom. The minimum absolute atomic E-state index is 0.0570. The molecule has 0 spiro atoms. The van der Waals surface area contributed by atoms with Gasteiger partial charge in [-0.2, -0.15) is 0 Å². The van der Waals surface area contributed by atoms with Crippen LogP contribution in [-0.4, -0.2) is 51.4 Å². The number of amides is 1. The second-order valence-corrected chi connectivity index (χ2v) is 8.81. The van der Waals surface area contributed by atoms with Crippen molar-refractivity contribution in [1.82, 2.24) is 9.62 Å². The van der Waals surface area contributed by atoms with Crippen molar-refractivity contribution in [3.05, 3.63) is 23.8 Å². The van der Waals surface area contributed by atoms with Crippen LogP contribution < -0.4 is 14.2 Å². The number of rotatable bonds is 7. The molecular weight excluding hydrogens is 356 g/mol. The smallest absolute Gasteiger partial charge is 0.231 e. The summed E-state index contributed by atoms with van der Waals surface area (Å²) in [5, 5.41) is 0. The quantitative estimate of drug-likeness (QED) is 0.773.